The SMILES string of the molecule is C#Cc1c(F)ccc2cccc(-c3ncc4c(N5CC6(F)CCC(F)(C5)N6C(=O)OC(C)(C)C)nc(OC[C@@]56CCCN5C[C@H](F)C6)nc4c3F)c12. The van der Waals surface area contributed by atoms with E-state index < -0.39 is 59.7 Å². The number of carbonyl (C=O) groups is 1. The van der Waals surface area contributed by atoms with E-state index in [9.17, 15) is 13.6 Å². The normalized spacial score (nSPS) is 27.3. The molecule has 0 radical (unpaired) electrons. The maximum absolute atomic E-state index is 16.9. The Bertz CT molecular complexity index is 2160. The van der Waals surface area contributed by atoms with Crippen LogP contribution in [0.2, 0.25) is 0 Å². The molecule has 4 aromatic rings. The van der Waals surface area contributed by atoms with Crippen LogP contribution in [0.3, 0.4) is 0 Å². The number of hydrogen-bond donors (Lipinski definition) is 0. The Morgan fingerprint density at radius 1 is 1.08 bits per heavy atom. The molecule has 4 atom stereocenters. The molecule has 4 fully saturated rings. The molecule has 6 heterocycles. The maximum atomic E-state index is 16.9. The van der Waals surface area contributed by atoms with Crippen LogP contribution in [-0.4, -0.2) is 92.5 Å². The van der Waals surface area contributed by atoms with Crippen LogP contribution in [0, 0.1) is 24.0 Å². The maximum Gasteiger partial charge on any atom is 0.415 e. The lowest BCUT2D eigenvalue weighted by atomic mass is 9.95. The highest BCUT2D eigenvalue weighted by Gasteiger charge is 2.65. The fourth-order valence-corrected chi connectivity index (χ4v) is 8.55. The molecular formula is C38H37F5N6O3. The van der Waals surface area contributed by atoms with E-state index in [1.165, 1.54) is 23.2 Å². The standard InChI is InChI=1S/C38H37F5N6O3/c1-5-24-27(40)11-10-22-8-6-9-25(28(22)24)30-29(41)31-26(17-44-30)32(46-33(45-31)51-21-36-12-7-15-48(36)18-23(39)16-36)47-19-37(42)13-14-38(43,20-47)49(37)34(50)52-35(2,3)4/h1,6,8-11,17,23H,7,12-16,18-21H2,2-4H3/t23-,36+,37?,38?/m1/s1. The fourth-order valence-electron chi connectivity index (χ4n) is 8.55. The Balaban J connectivity index is 1.25. The molecule has 52 heavy (non-hydrogen) atoms. The predicted molar refractivity (Wildman–Crippen MR) is 184 cm³/mol. The summed E-state index contributed by atoms with van der Waals surface area (Å²) < 4.78 is 91.4. The number of nitrogens with zero attached hydrogens (tertiary/aromatic N) is 6. The molecule has 272 valence electrons. The first-order valence-electron chi connectivity index (χ1n) is 17.4. The monoisotopic (exact) mass is 720 g/mol. The highest BCUT2D eigenvalue weighted by atomic mass is 19.2. The number of ether oxygens (including phenoxy) is 2. The van der Waals surface area contributed by atoms with Gasteiger partial charge in [0.2, 0.25) is 11.6 Å². The molecular weight excluding hydrogens is 683 g/mol. The van der Waals surface area contributed by atoms with E-state index in [2.05, 4.69) is 20.9 Å². The smallest absolute Gasteiger partial charge is 0.415 e. The van der Waals surface area contributed by atoms with Crippen molar-refractivity contribution in [2.45, 2.75) is 81.8 Å². The first kappa shape index (κ1) is 34.3. The van der Waals surface area contributed by atoms with E-state index in [0.717, 1.165) is 6.42 Å². The summed E-state index contributed by atoms with van der Waals surface area (Å²) >= 11 is 0. The molecule has 2 aromatic heterocycles. The Kier molecular flexibility index (Phi) is 7.84. The molecule has 4 saturated heterocycles. The van der Waals surface area contributed by atoms with Gasteiger partial charge < -0.3 is 14.4 Å². The second-order valence-corrected chi connectivity index (χ2v) is 15.4. The lowest BCUT2D eigenvalue weighted by Crippen LogP contribution is -2.66. The number of piperazine rings is 1. The second kappa shape index (κ2) is 11.9. The largest absolute Gasteiger partial charge is 0.461 e. The number of carbonyl (C=O) groups excluding carboxylic acids is 1. The van der Waals surface area contributed by atoms with E-state index >= 15 is 13.2 Å². The lowest BCUT2D eigenvalue weighted by Gasteiger charge is -2.47. The predicted octanol–water partition coefficient (Wildman–Crippen LogP) is 7.24. The zero-order valence-electron chi connectivity index (χ0n) is 29.0. The molecule has 8 rings (SSSR count). The van der Waals surface area contributed by atoms with Crippen LogP contribution in [0.25, 0.3) is 32.9 Å². The Morgan fingerprint density at radius 3 is 2.54 bits per heavy atom. The number of anilines is 1. The van der Waals surface area contributed by atoms with Crippen LogP contribution in [-0.2, 0) is 4.74 Å². The van der Waals surface area contributed by atoms with Crippen molar-refractivity contribution in [1.82, 2.24) is 24.8 Å². The van der Waals surface area contributed by atoms with Crippen LogP contribution < -0.4 is 9.64 Å². The van der Waals surface area contributed by atoms with Crippen molar-refractivity contribution in [2.24, 2.45) is 0 Å². The summed E-state index contributed by atoms with van der Waals surface area (Å²) in [5.41, 5.74) is -1.90. The van der Waals surface area contributed by atoms with Gasteiger partial charge in [-0.1, -0.05) is 30.2 Å². The van der Waals surface area contributed by atoms with E-state index in [0.29, 0.717) is 23.3 Å². The quantitative estimate of drug-likeness (QED) is 0.121. The van der Waals surface area contributed by atoms with Gasteiger partial charge in [0.05, 0.1) is 29.6 Å². The van der Waals surface area contributed by atoms with Gasteiger partial charge in [0, 0.05) is 43.0 Å². The van der Waals surface area contributed by atoms with Crippen LogP contribution in [0.4, 0.5) is 32.6 Å². The van der Waals surface area contributed by atoms with E-state index in [4.69, 9.17) is 15.9 Å². The Hall–Kier alpha value is -4.77. The number of hydrogen-bond acceptors (Lipinski definition) is 8. The number of alkyl halides is 3. The third kappa shape index (κ3) is 5.47. The van der Waals surface area contributed by atoms with Crippen LogP contribution in [0.15, 0.2) is 36.5 Å². The summed E-state index contributed by atoms with van der Waals surface area (Å²) in [6.07, 6.45) is 6.02. The van der Waals surface area contributed by atoms with E-state index in [-0.39, 0.29) is 77.4 Å². The Labute approximate surface area is 297 Å². The molecule has 1 amide bonds. The first-order chi connectivity index (χ1) is 24.6. The molecule has 4 aliphatic rings. The number of pyridine rings is 1. The van der Waals surface area contributed by atoms with Crippen molar-refractivity contribution in [2.75, 3.05) is 37.7 Å². The number of benzene rings is 2. The molecule has 2 unspecified atom stereocenters. The number of rotatable bonds is 5. The molecule has 0 aliphatic carbocycles. The lowest BCUT2D eigenvalue weighted by molar-refractivity contribution is -0.115. The van der Waals surface area contributed by atoms with Gasteiger partial charge in [0.25, 0.3) is 0 Å². The molecule has 14 heteroatoms. The number of aromatic nitrogens is 3. The average Bonchev–Trinajstić information content (AvgIpc) is 3.66. The molecule has 2 bridgehead atoms. The number of fused-ring (bicyclic) bond motifs is 5. The highest BCUT2D eigenvalue weighted by molar-refractivity contribution is 6.02. The molecule has 9 nitrogen and oxygen atoms in total. The van der Waals surface area contributed by atoms with Crippen LogP contribution >= 0.6 is 0 Å². The molecule has 4 aliphatic heterocycles. The molecule has 0 spiro atoms. The zero-order chi connectivity index (χ0) is 36.8. The van der Waals surface area contributed by atoms with Gasteiger partial charge in [-0.2, -0.15) is 9.97 Å². The van der Waals surface area contributed by atoms with Gasteiger partial charge in [0.1, 0.15) is 41.2 Å². The van der Waals surface area contributed by atoms with Crippen molar-refractivity contribution in [3.8, 4) is 29.6 Å². The fraction of sp³-hybridized carbons (Fsp3) is 0.474. The average molecular weight is 721 g/mol. The summed E-state index contributed by atoms with van der Waals surface area (Å²) in [6, 6.07) is 7.43. The highest BCUT2D eigenvalue weighted by Crippen LogP contribution is 2.50. The van der Waals surface area contributed by atoms with Gasteiger partial charge in [-0.25, -0.2) is 31.6 Å². The van der Waals surface area contributed by atoms with Crippen molar-refractivity contribution in [3.63, 3.8) is 0 Å². The van der Waals surface area contributed by atoms with Gasteiger partial charge in [-0.15, -0.1) is 6.42 Å². The second-order valence-electron chi connectivity index (χ2n) is 15.4. The minimum Gasteiger partial charge on any atom is -0.461 e. The van der Waals surface area contributed by atoms with Crippen molar-refractivity contribution in [3.05, 3.63) is 53.7 Å². The molecule has 2 aromatic carbocycles. The number of halogens is 5. The summed E-state index contributed by atoms with van der Waals surface area (Å²) in [4.78, 5) is 30.4. The first-order valence-corrected chi connectivity index (χ1v) is 17.4. The third-order valence-electron chi connectivity index (χ3n) is 10.7. The third-order valence-corrected chi connectivity index (χ3v) is 10.7. The van der Waals surface area contributed by atoms with E-state index in [1.54, 1.807) is 39.0 Å². The van der Waals surface area contributed by atoms with Crippen LogP contribution in [0.1, 0.15) is 58.4 Å². The minimum absolute atomic E-state index is 0.0125. The van der Waals surface area contributed by atoms with Gasteiger partial charge in [-0.05, 0) is 51.6 Å². The minimum atomic E-state index is -2.48. The zero-order valence-corrected chi connectivity index (χ0v) is 29.0. The van der Waals surface area contributed by atoms with Crippen molar-refractivity contribution in [1.29, 1.82) is 0 Å². The summed E-state index contributed by atoms with van der Waals surface area (Å²) in [7, 11) is 0. The van der Waals surface area contributed by atoms with Crippen LogP contribution in [0.5, 0.6) is 6.01 Å². The summed E-state index contributed by atoms with van der Waals surface area (Å²) in [5, 5.41) is 0.862. The van der Waals surface area contributed by atoms with Gasteiger partial charge >= 0.3 is 12.1 Å². The molecule has 0 N–H and O–H groups in total. The molecule has 0 saturated carbocycles. The summed E-state index contributed by atoms with van der Waals surface area (Å²) in [6.45, 7) is 4.80. The van der Waals surface area contributed by atoms with Crippen molar-refractivity contribution < 1.29 is 36.2 Å². The van der Waals surface area contributed by atoms with Gasteiger partial charge in [-0.3, -0.25) is 9.88 Å². The van der Waals surface area contributed by atoms with E-state index in [1.807, 2.05) is 4.90 Å². The number of amides is 1. The number of terminal acetylenes is 1. The summed E-state index contributed by atoms with van der Waals surface area (Å²) in [5.74, 6) is -4.25. The Morgan fingerprint density at radius 2 is 1.83 bits per heavy atom. The van der Waals surface area contributed by atoms with Gasteiger partial charge in [0.15, 0.2) is 5.82 Å². The van der Waals surface area contributed by atoms with Crippen molar-refractivity contribution >= 4 is 33.6 Å². The topological polar surface area (TPSA) is 83.9 Å².